The zero-order chi connectivity index (χ0) is 14.2. The maximum absolute atomic E-state index is 4.50. The predicted molar refractivity (Wildman–Crippen MR) is 81.6 cm³/mol. The molecule has 0 radical (unpaired) electrons. The van der Waals surface area contributed by atoms with Crippen LogP contribution in [0.3, 0.4) is 0 Å². The van der Waals surface area contributed by atoms with E-state index < -0.39 is 0 Å². The van der Waals surface area contributed by atoms with E-state index in [0.29, 0.717) is 11.6 Å². The van der Waals surface area contributed by atoms with E-state index in [-0.39, 0.29) is 0 Å². The third-order valence-corrected chi connectivity index (χ3v) is 5.18. The summed E-state index contributed by atoms with van der Waals surface area (Å²) in [6, 6.07) is 2.83. The van der Waals surface area contributed by atoms with E-state index in [1.165, 1.54) is 37.8 Å². The van der Waals surface area contributed by atoms with Crippen LogP contribution in [0.15, 0.2) is 6.07 Å². The summed E-state index contributed by atoms with van der Waals surface area (Å²) in [5.41, 5.74) is 2.87. The van der Waals surface area contributed by atoms with Crippen molar-refractivity contribution in [3.05, 3.63) is 17.5 Å². The first-order valence-corrected chi connectivity index (χ1v) is 8.07. The highest BCUT2D eigenvalue weighted by atomic mass is 15.3. The van der Waals surface area contributed by atoms with E-state index in [1.54, 1.807) is 0 Å². The molecule has 0 aromatic carbocycles. The Labute approximate surface area is 122 Å². The van der Waals surface area contributed by atoms with Crippen molar-refractivity contribution < 1.29 is 0 Å². The standard InChI is InChI=1S/C16H28N4/c1-13-9-15(19(3)18-13)11-20-10-14(2)17-12-16(20)7-5-4-6-8-16/h9,14,17H,4-8,10-12H2,1-3H3. The van der Waals surface area contributed by atoms with Crippen molar-refractivity contribution in [2.24, 2.45) is 7.05 Å². The van der Waals surface area contributed by atoms with Gasteiger partial charge in [0.1, 0.15) is 0 Å². The first-order valence-electron chi connectivity index (χ1n) is 8.07. The van der Waals surface area contributed by atoms with Crippen molar-refractivity contribution in [1.29, 1.82) is 0 Å². The number of aryl methyl sites for hydroxylation is 2. The van der Waals surface area contributed by atoms with Crippen LogP contribution >= 0.6 is 0 Å². The van der Waals surface area contributed by atoms with E-state index >= 15 is 0 Å². The van der Waals surface area contributed by atoms with E-state index in [9.17, 15) is 0 Å². The van der Waals surface area contributed by atoms with Gasteiger partial charge in [-0.3, -0.25) is 9.58 Å². The minimum absolute atomic E-state index is 0.392. The van der Waals surface area contributed by atoms with Gasteiger partial charge < -0.3 is 5.32 Å². The highest BCUT2D eigenvalue weighted by Crippen LogP contribution is 2.36. The first kappa shape index (κ1) is 14.1. The van der Waals surface area contributed by atoms with Gasteiger partial charge in [-0.15, -0.1) is 0 Å². The van der Waals surface area contributed by atoms with E-state index in [1.807, 2.05) is 0 Å². The van der Waals surface area contributed by atoms with Crippen LogP contribution in [-0.2, 0) is 13.6 Å². The fourth-order valence-corrected chi connectivity index (χ4v) is 4.01. The zero-order valence-electron chi connectivity index (χ0n) is 13.2. The molecular weight excluding hydrogens is 248 g/mol. The molecule has 1 aliphatic carbocycles. The van der Waals surface area contributed by atoms with Gasteiger partial charge in [-0.25, -0.2) is 0 Å². The highest BCUT2D eigenvalue weighted by Gasteiger charge is 2.41. The summed E-state index contributed by atoms with van der Waals surface area (Å²) in [4.78, 5) is 2.74. The molecule has 0 bridgehead atoms. The average molecular weight is 276 g/mol. The lowest BCUT2D eigenvalue weighted by molar-refractivity contribution is 0.00455. The molecule has 1 N–H and O–H groups in total. The normalized spacial score (nSPS) is 27.1. The SMILES string of the molecule is Cc1cc(CN2CC(C)NCC23CCCCC3)n(C)n1. The van der Waals surface area contributed by atoms with E-state index in [4.69, 9.17) is 0 Å². The second kappa shape index (κ2) is 5.49. The number of nitrogens with zero attached hydrogens (tertiary/aromatic N) is 3. The van der Waals surface area contributed by atoms with Crippen molar-refractivity contribution in [2.45, 2.75) is 64.1 Å². The molecule has 1 aromatic heterocycles. The molecule has 112 valence electrons. The van der Waals surface area contributed by atoms with Crippen molar-refractivity contribution in [3.63, 3.8) is 0 Å². The third-order valence-electron chi connectivity index (χ3n) is 5.18. The molecule has 1 unspecified atom stereocenters. The molecule has 1 aliphatic heterocycles. The molecule has 3 rings (SSSR count). The molecule has 0 amide bonds. The Kier molecular flexibility index (Phi) is 3.87. The number of nitrogens with one attached hydrogen (secondary N) is 1. The molecule has 1 saturated heterocycles. The van der Waals surface area contributed by atoms with Crippen molar-refractivity contribution in [1.82, 2.24) is 20.0 Å². The Hall–Kier alpha value is -0.870. The van der Waals surface area contributed by atoms with Crippen LogP contribution in [-0.4, -0.2) is 39.4 Å². The molecule has 2 heterocycles. The largest absolute Gasteiger partial charge is 0.311 e. The predicted octanol–water partition coefficient (Wildman–Crippen LogP) is 2.23. The summed E-state index contributed by atoms with van der Waals surface area (Å²) in [6.45, 7) is 7.75. The lowest BCUT2D eigenvalue weighted by Gasteiger charge is -2.51. The number of hydrogen-bond donors (Lipinski definition) is 1. The zero-order valence-corrected chi connectivity index (χ0v) is 13.2. The third kappa shape index (κ3) is 2.63. The minimum Gasteiger partial charge on any atom is -0.311 e. The summed E-state index contributed by atoms with van der Waals surface area (Å²) in [6.07, 6.45) is 6.89. The Bertz CT molecular complexity index is 459. The molecule has 1 aromatic rings. The molecule has 1 spiro atoms. The van der Waals surface area contributed by atoms with Gasteiger partial charge in [0.2, 0.25) is 0 Å². The van der Waals surface area contributed by atoms with Crippen LogP contribution in [0.5, 0.6) is 0 Å². The van der Waals surface area contributed by atoms with Crippen LogP contribution in [0, 0.1) is 6.92 Å². The van der Waals surface area contributed by atoms with E-state index in [0.717, 1.165) is 25.3 Å². The minimum atomic E-state index is 0.392. The number of aromatic nitrogens is 2. The molecule has 1 atom stereocenters. The smallest absolute Gasteiger partial charge is 0.0597 e. The fraction of sp³-hybridized carbons (Fsp3) is 0.812. The van der Waals surface area contributed by atoms with Crippen LogP contribution in [0.2, 0.25) is 0 Å². The van der Waals surface area contributed by atoms with Crippen molar-refractivity contribution in [2.75, 3.05) is 13.1 Å². The van der Waals surface area contributed by atoms with Gasteiger partial charge in [0.15, 0.2) is 0 Å². The summed E-state index contributed by atoms with van der Waals surface area (Å²) >= 11 is 0. The molecule has 20 heavy (non-hydrogen) atoms. The number of hydrogen-bond acceptors (Lipinski definition) is 3. The van der Waals surface area contributed by atoms with Gasteiger partial charge >= 0.3 is 0 Å². The monoisotopic (exact) mass is 276 g/mol. The fourth-order valence-electron chi connectivity index (χ4n) is 4.01. The van der Waals surface area contributed by atoms with Crippen LogP contribution in [0.4, 0.5) is 0 Å². The lowest BCUT2D eigenvalue weighted by Crippen LogP contribution is -2.64. The Morgan fingerprint density at radius 3 is 2.75 bits per heavy atom. The van der Waals surface area contributed by atoms with Gasteiger partial charge in [-0.2, -0.15) is 5.10 Å². The molecular formula is C16H28N4. The Balaban J connectivity index is 1.81. The van der Waals surface area contributed by atoms with Gasteiger partial charge in [0.05, 0.1) is 11.4 Å². The van der Waals surface area contributed by atoms with Crippen LogP contribution in [0.25, 0.3) is 0 Å². The van der Waals surface area contributed by atoms with Crippen LogP contribution < -0.4 is 5.32 Å². The van der Waals surface area contributed by atoms with Crippen molar-refractivity contribution >= 4 is 0 Å². The summed E-state index contributed by atoms with van der Waals surface area (Å²) in [5, 5.41) is 8.22. The second-order valence-electron chi connectivity index (χ2n) is 6.85. The second-order valence-corrected chi connectivity index (χ2v) is 6.85. The van der Waals surface area contributed by atoms with Crippen molar-refractivity contribution in [3.8, 4) is 0 Å². The molecule has 1 saturated carbocycles. The molecule has 2 aliphatic rings. The average Bonchev–Trinajstić information content (AvgIpc) is 2.74. The van der Waals surface area contributed by atoms with Crippen LogP contribution in [0.1, 0.15) is 50.4 Å². The summed E-state index contributed by atoms with van der Waals surface area (Å²) in [5.74, 6) is 0. The van der Waals surface area contributed by atoms with Gasteiger partial charge in [-0.1, -0.05) is 19.3 Å². The highest BCUT2D eigenvalue weighted by molar-refractivity contribution is 5.11. The topological polar surface area (TPSA) is 33.1 Å². The molecule has 2 fully saturated rings. The van der Waals surface area contributed by atoms with Gasteiger partial charge in [-0.05, 0) is 32.8 Å². The summed E-state index contributed by atoms with van der Waals surface area (Å²) in [7, 11) is 2.07. The maximum Gasteiger partial charge on any atom is 0.0597 e. The molecule has 4 nitrogen and oxygen atoms in total. The number of rotatable bonds is 2. The maximum atomic E-state index is 4.50. The van der Waals surface area contributed by atoms with Gasteiger partial charge in [0, 0.05) is 38.3 Å². The lowest BCUT2D eigenvalue weighted by atomic mass is 9.78. The van der Waals surface area contributed by atoms with Gasteiger partial charge in [0.25, 0.3) is 0 Å². The quantitative estimate of drug-likeness (QED) is 0.899. The Morgan fingerprint density at radius 2 is 2.10 bits per heavy atom. The summed E-state index contributed by atoms with van der Waals surface area (Å²) < 4.78 is 2.05. The number of piperazine rings is 1. The van der Waals surface area contributed by atoms with E-state index in [2.05, 4.69) is 47.0 Å². The Morgan fingerprint density at radius 1 is 1.35 bits per heavy atom. The molecule has 4 heteroatoms. The first-order chi connectivity index (χ1) is 9.59.